The Morgan fingerprint density at radius 1 is 0.581 bits per heavy atom. The summed E-state index contributed by atoms with van der Waals surface area (Å²) in [6.07, 6.45) is 24.6. The summed E-state index contributed by atoms with van der Waals surface area (Å²) in [5.41, 5.74) is 0. The van der Waals surface area contributed by atoms with E-state index in [0.29, 0.717) is 6.42 Å². The molecule has 0 fully saturated rings. The largest absolute Gasteiger partial charge is 0.479 e. The number of unbranched alkanes of at least 4 members (excludes halogenated alkanes) is 17. The number of hydrogen-bond acceptors (Lipinski definition) is 3. The van der Waals surface area contributed by atoms with E-state index in [1.54, 1.807) is 0 Å². The van der Waals surface area contributed by atoms with Crippen molar-refractivity contribution in [3.05, 3.63) is 0 Å². The Morgan fingerprint density at radius 2 is 0.871 bits per heavy atom. The third kappa shape index (κ3) is 23.4. The van der Waals surface area contributed by atoms with Crippen molar-refractivity contribution in [1.29, 1.82) is 0 Å². The highest BCUT2D eigenvalue weighted by Crippen LogP contribution is 2.16. The highest BCUT2D eigenvalue weighted by molar-refractivity contribution is 5.76. The first-order valence-electron chi connectivity index (χ1n) is 13.3. The molecule has 0 bridgehead atoms. The topological polar surface area (TPSA) is 63.6 Å². The van der Waals surface area contributed by atoms with Crippen LogP contribution in [0.2, 0.25) is 0 Å². The van der Waals surface area contributed by atoms with E-state index >= 15 is 0 Å². The minimum Gasteiger partial charge on any atom is -0.479 e. The van der Waals surface area contributed by atoms with Crippen LogP contribution in [0.25, 0.3) is 0 Å². The molecule has 0 saturated carbocycles. The average molecular weight is 441 g/mol. The maximum absolute atomic E-state index is 11.0. The van der Waals surface area contributed by atoms with Gasteiger partial charge in [-0.2, -0.15) is 0 Å². The van der Waals surface area contributed by atoms with Gasteiger partial charge in [-0.3, -0.25) is 4.79 Å². The summed E-state index contributed by atoms with van der Waals surface area (Å²) in [6.45, 7) is 5.90. The second kappa shape index (κ2) is 22.1. The van der Waals surface area contributed by atoms with Crippen LogP contribution in [0.15, 0.2) is 0 Å². The van der Waals surface area contributed by atoms with Gasteiger partial charge in [-0.15, -0.1) is 0 Å². The first-order valence-corrected chi connectivity index (χ1v) is 13.3. The lowest BCUT2D eigenvalue weighted by Crippen LogP contribution is -2.25. The third-order valence-corrected chi connectivity index (χ3v) is 6.08. The van der Waals surface area contributed by atoms with Gasteiger partial charge in [0.05, 0.1) is 0 Å². The Balaban J connectivity index is 3.21. The minimum atomic E-state index is -1.04. The number of esters is 1. The molecule has 0 aromatic carbocycles. The quantitative estimate of drug-likeness (QED) is 0.128. The predicted molar refractivity (Wildman–Crippen MR) is 130 cm³/mol. The number of aliphatic carboxylic acids is 1. The zero-order valence-electron chi connectivity index (χ0n) is 21.0. The van der Waals surface area contributed by atoms with E-state index in [1.807, 2.05) is 0 Å². The lowest BCUT2D eigenvalue weighted by molar-refractivity contribution is -0.163. The summed E-state index contributed by atoms with van der Waals surface area (Å²) in [5.74, 6) is -0.691. The predicted octanol–water partition coefficient (Wildman–Crippen LogP) is 8.46. The van der Waals surface area contributed by atoms with Gasteiger partial charge in [0, 0.05) is 6.92 Å². The highest BCUT2D eigenvalue weighted by Gasteiger charge is 2.19. The second-order valence-corrected chi connectivity index (χ2v) is 9.77. The molecule has 0 amide bonds. The molecule has 0 aliphatic carbocycles. The summed E-state index contributed by atoms with van der Waals surface area (Å²) in [6, 6.07) is 0. The first-order chi connectivity index (χ1) is 14.9. The maximum Gasteiger partial charge on any atom is 0.345 e. The van der Waals surface area contributed by atoms with Crippen molar-refractivity contribution in [2.24, 2.45) is 5.92 Å². The van der Waals surface area contributed by atoms with Gasteiger partial charge in [-0.05, 0) is 18.8 Å². The molecule has 0 rings (SSSR count). The molecular weight excluding hydrogens is 388 g/mol. The van der Waals surface area contributed by atoms with Crippen LogP contribution in [-0.4, -0.2) is 23.1 Å². The van der Waals surface area contributed by atoms with Gasteiger partial charge in [0.1, 0.15) is 0 Å². The molecule has 0 radical (unpaired) electrons. The van der Waals surface area contributed by atoms with E-state index in [1.165, 1.54) is 110 Å². The van der Waals surface area contributed by atoms with Crippen LogP contribution in [0.5, 0.6) is 0 Å². The van der Waals surface area contributed by atoms with Gasteiger partial charge < -0.3 is 9.84 Å². The Kier molecular flexibility index (Phi) is 21.4. The standard InChI is InChI=1S/C27H52O4/c1-24(2)22-20-18-16-14-12-10-8-6-4-5-7-9-11-13-15-17-19-21-23-26(27(29)30)31-25(3)28/h24,26H,4-23H2,1-3H3,(H,29,30). The summed E-state index contributed by atoms with van der Waals surface area (Å²) < 4.78 is 4.82. The van der Waals surface area contributed by atoms with Gasteiger partial charge in [-0.1, -0.05) is 129 Å². The van der Waals surface area contributed by atoms with Gasteiger partial charge in [0.25, 0.3) is 0 Å². The molecule has 0 aliphatic heterocycles. The van der Waals surface area contributed by atoms with Gasteiger partial charge in [0.2, 0.25) is 0 Å². The molecule has 0 saturated heterocycles. The van der Waals surface area contributed by atoms with E-state index < -0.39 is 18.0 Å². The molecule has 0 heterocycles. The van der Waals surface area contributed by atoms with Gasteiger partial charge >= 0.3 is 11.9 Å². The first kappa shape index (κ1) is 29.9. The van der Waals surface area contributed by atoms with Crippen molar-refractivity contribution in [1.82, 2.24) is 0 Å². The molecular formula is C27H52O4. The van der Waals surface area contributed by atoms with E-state index in [-0.39, 0.29) is 0 Å². The lowest BCUT2D eigenvalue weighted by atomic mass is 10.0. The van der Waals surface area contributed by atoms with Crippen LogP contribution in [-0.2, 0) is 14.3 Å². The summed E-state index contributed by atoms with van der Waals surface area (Å²) in [4.78, 5) is 21.9. The Morgan fingerprint density at radius 3 is 1.13 bits per heavy atom. The van der Waals surface area contributed by atoms with Crippen LogP contribution in [0.3, 0.4) is 0 Å². The number of carbonyl (C=O) groups excluding carboxylic acids is 1. The molecule has 0 aromatic heterocycles. The van der Waals surface area contributed by atoms with E-state index in [2.05, 4.69) is 13.8 Å². The molecule has 1 atom stereocenters. The normalized spacial score (nSPS) is 12.3. The molecule has 1 unspecified atom stereocenters. The fourth-order valence-electron chi connectivity index (χ4n) is 4.14. The van der Waals surface area contributed by atoms with Crippen LogP contribution in [0.1, 0.15) is 149 Å². The monoisotopic (exact) mass is 440 g/mol. The van der Waals surface area contributed by atoms with Crippen molar-refractivity contribution in [2.45, 2.75) is 155 Å². The van der Waals surface area contributed by atoms with Crippen LogP contribution in [0.4, 0.5) is 0 Å². The smallest absolute Gasteiger partial charge is 0.345 e. The molecule has 31 heavy (non-hydrogen) atoms. The van der Waals surface area contributed by atoms with Crippen LogP contribution >= 0.6 is 0 Å². The zero-order chi connectivity index (χ0) is 23.2. The molecule has 4 heteroatoms. The Labute approximate surface area is 192 Å². The number of carbonyl (C=O) groups is 2. The van der Waals surface area contributed by atoms with Crippen molar-refractivity contribution >= 4 is 11.9 Å². The van der Waals surface area contributed by atoms with E-state index in [9.17, 15) is 9.59 Å². The zero-order valence-corrected chi connectivity index (χ0v) is 21.0. The number of ether oxygens (including phenoxy) is 1. The molecule has 0 aliphatic rings. The minimum absolute atomic E-state index is 0.424. The van der Waals surface area contributed by atoms with Crippen molar-refractivity contribution < 1.29 is 19.4 Å². The number of rotatable bonds is 23. The molecule has 4 nitrogen and oxygen atoms in total. The van der Waals surface area contributed by atoms with Crippen molar-refractivity contribution in [3.8, 4) is 0 Å². The fraction of sp³-hybridized carbons (Fsp3) is 0.926. The lowest BCUT2D eigenvalue weighted by Gasteiger charge is -2.11. The Bertz CT molecular complexity index is 419. The fourth-order valence-corrected chi connectivity index (χ4v) is 4.14. The van der Waals surface area contributed by atoms with Crippen LogP contribution < -0.4 is 0 Å². The number of carboxylic acid groups (broad SMARTS) is 1. The van der Waals surface area contributed by atoms with E-state index in [4.69, 9.17) is 9.84 Å². The number of hydrogen-bond donors (Lipinski definition) is 1. The Hall–Kier alpha value is -1.06. The van der Waals surface area contributed by atoms with Gasteiger partial charge in [0.15, 0.2) is 6.10 Å². The summed E-state index contributed by atoms with van der Waals surface area (Å²) >= 11 is 0. The summed E-state index contributed by atoms with van der Waals surface area (Å²) in [7, 11) is 0. The second-order valence-electron chi connectivity index (χ2n) is 9.77. The molecule has 0 spiro atoms. The van der Waals surface area contributed by atoms with E-state index in [0.717, 1.165) is 25.2 Å². The van der Waals surface area contributed by atoms with Crippen molar-refractivity contribution in [2.75, 3.05) is 0 Å². The SMILES string of the molecule is CC(=O)OC(CCCCCCCCCCCCCCCCCCCCC(C)C)C(=O)O. The van der Waals surface area contributed by atoms with Crippen LogP contribution in [0, 0.1) is 5.92 Å². The third-order valence-electron chi connectivity index (χ3n) is 6.08. The molecule has 0 aromatic rings. The average Bonchev–Trinajstić information content (AvgIpc) is 2.70. The summed E-state index contributed by atoms with van der Waals surface area (Å²) in [5, 5.41) is 9.01. The number of carboxylic acids is 1. The van der Waals surface area contributed by atoms with Gasteiger partial charge in [-0.25, -0.2) is 4.79 Å². The van der Waals surface area contributed by atoms with Crippen molar-refractivity contribution in [3.63, 3.8) is 0 Å². The molecule has 184 valence electrons. The highest BCUT2D eigenvalue weighted by atomic mass is 16.6. The maximum atomic E-state index is 11.0. The molecule has 1 N–H and O–H groups in total.